The minimum atomic E-state index is 0.0147. The number of rotatable bonds is 1. The fourth-order valence-electron chi connectivity index (χ4n) is 2.67. The highest BCUT2D eigenvalue weighted by Gasteiger charge is 2.06. The molecule has 0 unspecified atom stereocenters. The van der Waals surface area contributed by atoms with Crippen LogP contribution in [0.15, 0.2) is 65.7 Å². The summed E-state index contributed by atoms with van der Waals surface area (Å²) >= 11 is 0. The van der Waals surface area contributed by atoms with Crippen molar-refractivity contribution in [3.63, 3.8) is 0 Å². The summed E-state index contributed by atoms with van der Waals surface area (Å²) in [6.45, 7) is 0. The molecule has 0 radical (unpaired) electrons. The van der Waals surface area contributed by atoms with Gasteiger partial charge in [-0.3, -0.25) is 9.48 Å². The predicted molar refractivity (Wildman–Crippen MR) is 87.7 cm³/mol. The van der Waals surface area contributed by atoms with E-state index in [0.29, 0.717) is 16.3 Å². The molecule has 0 bridgehead atoms. The van der Waals surface area contributed by atoms with Crippen LogP contribution >= 0.6 is 0 Å². The summed E-state index contributed by atoms with van der Waals surface area (Å²) in [6.07, 6.45) is 3.68. The van der Waals surface area contributed by atoms with Crippen LogP contribution in [0.5, 0.6) is 0 Å². The number of aryl methyl sites for hydroxylation is 1. The first-order valence-corrected chi connectivity index (χ1v) is 7.04. The van der Waals surface area contributed by atoms with Gasteiger partial charge in [-0.15, -0.1) is 0 Å². The molecule has 2 aromatic heterocycles. The van der Waals surface area contributed by atoms with Crippen molar-refractivity contribution >= 4 is 21.7 Å². The van der Waals surface area contributed by atoms with Crippen LogP contribution in [0.1, 0.15) is 0 Å². The minimum absolute atomic E-state index is 0.0147. The molecule has 106 valence electrons. The maximum atomic E-state index is 12.7. The molecule has 4 rings (SSSR count). The third-order valence-corrected chi connectivity index (χ3v) is 3.80. The first kappa shape index (κ1) is 12.7. The lowest BCUT2D eigenvalue weighted by Gasteiger charge is -1.97. The SMILES string of the molecule is Cn1cc(-c2ccc3c(=O)c4ccccc4ccc3n2)cn1. The molecular weight excluding hydrogens is 274 g/mol. The van der Waals surface area contributed by atoms with Crippen LogP contribution in [-0.4, -0.2) is 14.8 Å². The molecule has 0 aliphatic heterocycles. The molecule has 0 amide bonds. The Balaban J connectivity index is 2.05. The van der Waals surface area contributed by atoms with E-state index >= 15 is 0 Å². The van der Waals surface area contributed by atoms with Crippen molar-refractivity contribution < 1.29 is 0 Å². The molecule has 0 aliphatic carbocycles. The van der Waals surface area contributed by atoms with Crippen LogP contribution < -0.4 is 5.43 Å². The summed E-state index contributed by atoms with van der Waals surface area (Å²) in [5, 5.41) is 6.44. The lowest BCUT2D eigenvalue weighted by atomic mass is 10.1. The molecule has 0 N–H and O–H groups in total. The average Bonchev–Trinajstić information content (AvgIpc) is 2.93. The quantitative estimate of drug-likeness (QED) is 0.540. The summed E-state index contributed by atoms with van der Waals surface area (Å²) in [5.74, 6) is 0. The zero-order chi connectivity index (χ0) is 15.1. The van der Waals surface area contributed by atoms with E-state index in [0.717, 1.165) is 16.6 Å². The lowest BCUT2D eigenvalue weighted by Crippen LogP contribution is -1.99. The third kappa shape index (κ3) is 1.97. The van der Waals surface area contributed by atoms with Crippen LogP contribution in [0.25, 0.3) is 32.9 Å². The van der Waals surface area contributed by atoms with Gasteiger partial charge in [0.05, 0.1) is 17.4 Å². The first-order valence-electron chi connectivity index (χ1n) is 7.04. The van der Waals surface area contributed by atoms with Crippen molar-refractivity contribution in [1.29, 1.82) is 0 Å². The molecule has 4 aromatic rings. The maximum absolute atomic E-state index is 12.7. The Kier molecular flexibility index (Phi) is 2.76. The van der Waals surface area contributed by atoms with Gasteiger partial charge in [-0.05, 0) is 23.6 Å². The molecule has 0 saturated carbocycles. The molecule has 0 fully saturated rings. The number of hydrogen-bond acceptors (Lipinski definition) is 3. The fourth-order valence-corrected chi connectivity index (χ4v) is 2.67. The molecular formula is C18H13N3O. The van der Waals surface area contributed by atoms with Gasteiger partial charge < -0.3 is 0 Å². The summed E-state index contributed by atoms with van der Waals surface area (Å²) in [7, 11) is 1.87. The van der Waals surface area contributed by atoms with Gasteiger partial charge in [-0.25, -0.2) is 4.98 Å². The molecule has 0 saturated heterocycles. The number of benzene rings is 1. The van der Waals surface area contributed by atoms with Crippen molar-refractivity contribution in [2.75, 3.05) is 0 Å². The van der Waals surface area contributed by atoms with Crippen molar-refractivity contribution in [2.24, 2.45) is 7.05 Å². The van der Waals surface area contributed by atoms with Gasteiger partial charge in [0.2, 0.25) is 0 Å². The van der Waals surface area contributed by atoms with Gasteiger partial charge in [0.1, 0.15) is 0 Å². The number of hydrogen-bond donors (Lipinski definition) is 0. The molecule has 0 atom stereocenters. The fraction of sp³-hybridized carbons (Fsp3) is 0.0556. The van der Waals surface area contributed by atoms with Gasteiger partial charge in [-0.1, -0.05) is 30.3 Å². The third-order valence-electron chi connectivity index (χ3n) is 3.80. The Bertz CT molecular complexity index is 1070. The van der Waals surface area contributed by atoms with E-state index in [1.807, 2.05) is 61.8 Å². The van der Waals surface area contributed by atoms with Crippen molar-refractivity contribution in [2.45, 2.75) is 0 Å². The van der Waals surface area contributed by atoms with E-state index in [2.05, 4.69) is 10.1 Å². The van der Waals surface area contributed by atoms with Crippen LogP contribution in [0, 0.1) is 0 Å². The van der Waals surface area contributed by atoms with Gasteiger partial charge in [-0.2, -0.15) is 5.10 Å². The van der Waals surface area contributed by atoms with Crippen molar-refractivity contribution in [3.8, 4) is 11.3 Å². The van der Waals surface area contributed by atoms with E-state index in [9.17, 15) is 4.79 Å². The number of pyridine rings is 1. The summed E-state index contributed by atoms with van der Waals surface area (Å²) in [5.41, 5.74) is 2.46. The lowest BCUT2D eigenvalue weighted by molar-refractivity contribution is 0.768. The number of fused-ring (bicyclic) bond motifs is 2. The largest absolute Gasteiger partial charge is 0.289 e. The highest BCUT2D eigenvalue weighted by atomic mass is 16.1. The molecule has 0 aliphatic rings. The Hall–Kier alpha value is -3.01. The number of nitrogens with zero attached hydrogens (tertiary/aromatic N) is 3. The van der Waals surface area contributed by atoms with Crippen LogP contribution in [0.3, 0.4) is 0 Å². The molecule has 22 heavy (non-hydrogen) atoms. The average molecular weight is 287 g/mol. The van der Waals surface area contributed by atoms with Gasteiger partial charge in [0.25, 0.3) is 0 Å². The summed E-state index contributed by atoms with van der Waals surface area (Å²) in [6, 6.07) is 15.2. The van der Waals surface area contributed by atoms with Crippen molar-refractivity contribution in [3.05, 3.63) is 71.1 Å². The second kappa shape index (κ2) is 4.77. The van der Waals surface area contributed by atoms with Gasteiger partial charge in [0.15, 0.2) is 5.43 Å². The summed E-state index contributed by atoms with van der Waals surface area (Å²) in [4.78, 5) is 17.3. The van der Waals surface area contributed by atoms with Crippen molar-refractivity contribution in [1.82, 2.24) is 14.8 Å². The smallest absolute Gasteiger partial charge is 0.195 e. The van der Waals surface area contributed by atoms with Gasteiger partial charge in [0, 0.05) is 29.6 Å². The van der Waals surface area contributed by atoms with E-state index in [-0.39, 0.29) is 5.43 Å². The van der Waals surface area contributed by atoms with E-state index < -0.39 is 0 Å². The molecule has 2 heterocycles. The second-order valence-corrected chi connectivity index (χ2v) is 5.28. The summed E-state index contributed by atoms with van der Waals surface area (Å²) < 4.78 is 1.74. The van der Waals surface area contributed by atoms with E-state index in [1.165, 1.54) is 0 Å². The molecule has 0 spiro atoms. The minimum Gasteiger partial charge on any atom is -0.289 e. The maximum Gasteiger partial charge on any atom is 0.195 e. The predicted octanol–water partition coefficient (Wildman–Crippen LogP) is 3.15. The standard InChI is InChI=1S/C18H13N3O/c1-21-11-13(10-19-21)16-9-7-15-17(20-16)8-6-12-4-2-3-5-14(12)18(15)22/h2-11H,1H3. The Morgan fingerprint density at radius 3 is 2.64 bits per heavy atom. The normalized spacial score (nSPS) is 11.1. The Labute approximate surface area is 126 Å². The molecule has 4 nitrogen and oxygen atoms in total. The Morgan fingerprint density at radius 1 is 0.955 bits per heavy atom. The number of aromatic nitrogens is 3. The van der Waals surface area contributed by atoms with Crippen LogP contribution in [0.2, 0.25) is 0 Å². The topological polar surface area (TPSA) is 47.8 Å². The highest BCUT2D eigenvalue weighted by Crippen LogP contribution is 2.20. The first-order chi connectivity index (χ1) is 10.7. The zero-order valence-corrected chi connectivity index (χ0v) is 12.0. The van der Waals surface area contributed by atoms with Crippen LogP contribution in [0.4, 0.5) is 0 Å². The highest BCUT2D eigenvalue weighted by molar-refractivity contribution is 5.92. The monoisotopic (exact) mass is 287 g/mol. The Morgan fingerprint density at radius 2 is 1.82 bits per heavy atom. The molecule has 4 heteroatoms. The molecule has 2 aromatic carbocycles. The van der Waals surface area contributed by atoms with E-state index in [4.69, 9.17) is 0 Å². The van der Waals surface area contributed by atoms with Gasteiger partial charge >= 0.3 is 0 Å². The van der Waals surface area contributed by atoms with E-state index in [1.54, 1.807) is 10.9 Å². The second-order valence-electron chi connectivity index (χ2n) is 5.28. The van der Waals surface area contributed by atoms with Crippen LogP contribution in [-0.2, 0) is 7.05 Å². The zero-order valence-electron chi connectivity index (χ0n) is 12.0.